The molecule has 18 heavy (non-hydrogen) atoms. The Hall–Kier alpha value is -0.730. The Morgan fingerprint density at radius 3 is 2.33 bits per heavy atom. The molecule has 1 heterocycles. The van der Waals surface area contributed by atoms with Crippen molar-refractivity contribution in [1.29, 1.82) is 0 Å². The maximum Gasteiger partial charge on any atom is 0.191 e. The Morgan fingerprint density at radius 2 is 1.78 bits per heavy atom. The van der Waals surface area contributed by atoms with Gasteiger partial charge in [-0.15, -0.1) is 0 Å². The van der Waals surface area contributed by atoms with Gasteiger partial charge < -0.3 is 10.6 Å². The third-order valence-corrected chi connectivity index (χ3v) is 5.62. The van der Waals surface area contributed by atoms with Gasteiger partial charge in [-0.05, 0) is 49.9 Å². The maximum absolute atomic E-state index is 6.23. The van der Waals surface area contributed by atoms with Gasteiger partial charge >= 0.3 is 0 Å². The summed E-state index contributed by atoms with van der Waals surface area (Å²) in [5.41, 5.74) is 6.79. The van der Waals surface area contributed by atoms with Crippen LogP contribution in [0.15, 0.2) is 4.99 Å². The molecule has 0 aromatic rings. The van der Waals surface area contributed by atoms with Gasteiger partial charge in [-0.25, -0.2) is 4.99 Å². The third kappa shape index (κ3) is 2.12. The molecule has 3 fully saturated rings. The molecule has 2 saturated carbocycles. The van der Waals surface area contributed by atoms with Crippen molar-refractivity contribution < 1.29 is 0 Å². The van der Waals surface area contributed by atoms with Crippen molar-refractivity contribution >= 4 is 5.96 Å². The number of likely N-dealkylation sites (tertiary alicyclic amines) is 1. The summed E-state index contributed by atoms with van der Waals surface area (Å²) in [5, 5.41) is 0. The van der Waals surface area contributed by atoms with Crippen LogP contribution in [0, 0.1) is 11.3 Å². The molecule has 2 aliphatic carbocycles. The topological polar surface area (TPSA) is 41.6 Å². The SMILES string of the molecule is CC1CCN(C(N)=NC2CCC23CCCC3)CC1. The van der Waals surface area contributed by atoms with Crippen molar-refractivity contribution in [2.75, 3.05) is 13.1 Å². The highest BCUT2D eigenvalue weighted by Crippen LogP contribution is 2.54. The lowest BCUT2D eigenvalue weighted by atomic mass is 9.63. The lowest BCUT2D eigenvalue weighted by Gasteiger charge is -2.45. The minimum atomic E-state index is 0.541. The summed E-state index contributed by atoms with van der Waals surface area (Å²) in [4.78, 5) is 7.19. The average Bonchev–Trinajstić information content (AvgIpc) is 2.87. The van der Waals surface area contributed by atoms with Gasteiger partial charge in [0.05, 0.1) is 6.04 Å². The first-order valence-electron chi connectivity index (χ1n) is 7.78. The van der Waals surface area contributed by atoms with E-state index in [0.29, 0.717) is 11.5 Å². The molecular formula is C15H27N3. The van der Waals surface area contributed by atoms with Gasteiger partial charge in [0, 0.05) is 13.1 Å². The number of rotatable bonds is 1. The second kappa shape index (κ2) is 4.75. The third-order valence-electron chi connectivity index (χ3n) is 5.62. The molecule has 3 heteroatoms. The summed E-state index contributed by atoms with van der Waals surface area (Å²) >= 11 is 0. The molecule has 0 amide bonds. The molecule has 0 bridgehead atoms. The van der Waals surface area contributed by atoms with E-state index in [1.165, 1.54) is 51.4 Å². The van der Waals surface area contributed by atoms with Gasteiger partial charge in [0.2, 0.25) is 0 Å². The number of guanidine groups is 1. The molecule has 0 radical (unpaired) electrons. The summed E-state index contributed by atoms with van der Waals surface area (Å²) in [6.07, 6.45) is 10.8. The first-order chi connectivity index (χ1) is 8.70. The summed E-state index contributed by atoms with van der Waals surface area (Å²) in [7, 11) is 0. The van der Waals surface area contributed by atoms with Gasteiger partial charge in [0.1, 0.15) is 0 Å². The van der Waals surface area contributed by atoms with E-state index in [1.54, 1.807) is 0 Å². The normalized spacial score (nSPS) is 32.8. The Bertz CT molecular complexity index is 323. The molecule has 1 unspecified atom stereocenters. The quantitative estimate of drug-likeness (QED) is 0.573. The largest absolute Gasteiger partial charge is 0.370 e. The monoisotopic (exact) mass is 249 g/mol. The molecule has 102 valence electrons. The molecule has 0 aromatic carbocycles. The molecule has 3 aliphatic rings. The van der Waals surface area contributed by atoms with Crippen LogP contribution in [0.5, 0.6) is 0 Å². The van der Waals surface area contributed by atoms with E-state index in [-0.39, 0.29) is 0 Å². The molecule has 1 spiro atoms. The van der Waals surface area contributed by atoms with Crippen LogP contribution in [0.3, 0.4) is 0 Å². The molecule has 3 rings (SSSR count). The van der Waals surface area contributed by atoms with E-state index < -0.39 is 0 Å². The molecular weight excluding hydrogens is 222 g/mol. The fourth-order valence-electron chi connectivity index (χ4n) is 4.02. The van der Waals surface area contributed by atoms with E-state index in [0.717, 1.165) is 25.0 Å². The zero-order valence-corrected chi connectivity index (χ0v) is 11.7. The summed E-state index contributed by atoms with van der Waals surface area (Å²) in [6.45, 7) is 4.55. The predicted octanol–water partition coefficient (Wildman–Crippen LogP) is 2.76. The second-order valence-corrected chi connectivity index (χ2v) is 6.78. The van der Waals surface area contributed by atoms with Crippen LogP contribution in [0.4, 0.5) is 0 Å². The Labute approximate surface area is 111 Å². The minimum absolute atomic E-state index is 0.541. The van der Waals surface area contributed by atoms with E-state index in [4.69, 9.17) is 10.7 Å². The van der Waals surface area contributed by atoms with Crippen molar-refractivity contribution in [2.24, 2.45) is 22.1 Å². The molecule has 2 N–H and O–H groups in total. The van der Waals surface area contributed by atoms with Crippen LogP contribution < -0.4 is 5.73 Å². The highest BCUT2D eigenvalue weighted by atomic mass is 15.3. The second-order valence-electron chi connectivity index (χ2n) is 6.78. The Balaban J connectivity index is 1.61. The average molecular weight is 249 g/mol. The summed E-state index contributed by atoms with van der Waals surface area (Å²) in [5.74, 6) is 1.69. The van der Waals surface area contributed by atoms with E-state index in [2.05, 4.69) is 11.8 Å². The number of hydrogen-bond acceptors (Lipinski definition) is 1. The van der Waals surface area contributed by atoms with Crippen LogP contribution in [0.25, 0.3) is 0 Å². The van der Waals surface area contributed by atoms with Gasteiger partial charge in [0.15, 0.2) is 5.96 Å². The fraction of sp³-hybridized carbons (Fsp3) is 0.933. The molecule has 3 nitrogen and oxygen atoms in total. The smallest absolute Gasteiger partial charge is 0.191 e. The van der Waals surface area contributed by atoms with Crippen LogP contribution in [0.2, 0.25) is 0 Å². The molecule has 1 atom stereocenters. The van der Waals surface area contributed by atoms with Crippen LogP contribution >= 0.6 is 0 Å². The number of aliphatic imine (C=N–C) groups is 1. The van der Waals surface area contributed by atoms with Gasteiger partial charge in [-0.3, -0.25) is 0 Å². The Kier molecular flexibility index (Phi) is 3.25. The van der Waals surface area contributed by atoms with E-state index >= 15 is 0 Å². The van der Waals surface area contributed by atoms with Gasteiger partial charge in [-0.1, -0.05) is 19.8 Å². The highest BCUT2D eigenvalue weighted by molar-refractivity contribution is 5.78. The van der Waals surface area contributed by atoms with Crippen molar-refractivity contribution in [1.82, 2.24) is 4.90 Å². The van der Waals surface area contributed by atoms with E-state index in [9.17, 15) is 0 Å². The zero-order chi connectivity index (χ0) is 12.6. The fourth-order valence-corrected chi connectivity index (χ4v) is 4.02. The summed E-state index contributed by atoms with van der Waals surface area (Å²) < 4.78 is 0. The lowest BCUT2D eigenvalue weighted by molar-refractivity contribution is 0.102. The van der Waals surface area contributed by atoms with E-state index in [1.807, 2.05) is 0 Å². The van der Waals surface area contributed by atoms with Crippen LogP contribution in [-0.4, -0.2) is 30.0 Å². The molecule has 0 aromatic heterocycles. The van der Waals surface area contributed by atoms with Crippen LogP contribution in [0.1, 0.15) is 58.3 Å². The first kappa shape index (κ1) is 12.3. The first-order valence-corrected chi connectivity index (χ1v) is 7.78. The van der Waals surface area contributed by atoms with Crippen LogP contribution in [-0.2, 0) is 0 Å². The van der Waals surface area contributed by atoms with Crippen molar-refractivity contribution in [3.05, 3.63) is 0 Å². The zero-order valence-electron chi connectivity index (χ0n) is 11.7. The Morgan fingerprint density at radius 1 is 1.11 bits per heavy atom. The number of nitrogens with two attached hydrogens (primary N) is 1. The lowest BCUT2D eigenvalue weighted by Crippen LogP contribution is -2.47. The maximum atomic E-state index is 6.23. The number of hydrogen-bond donors (Lipinski definition) is 1. The number of piperidine rings is 1. The molecule has 1 saturated heterocycles. The highest BCUT2D eigenvalue weighted by Gasteiger charge is 2.48. The number of nitrogens with zero attached hydrogens (tertiary/aromatic N) is 2. The predicted molar refractivity (Wildman–Crippen MR) is 75.5 cm³/mol. The van der Waals surface area contributed by atoms with Gasteiger partial charge in [-0.2, -0.15) is 0 Å². The van der Waals surface area contributed by atoms with Crippen molar-refractivity contribution in [3.63, 3.8) is 0 Å². The van der Waals surface area contributed by atoms with Crippen molar-refractivity contribution in [2.45, 2.75) is 64.3 Å². The molecule has 1 aliphatic heterocycles. The minimum Gasteiger partial charge on any atom is -0.370 e. The standard InChI is InChI=1S/C15H27N3/c1-12-5-10-18(11-6-12)14(16)17-13-4-9-15(13)7-2-3-8-15/h12-13H,2-11H2,1H3,(H2,16,17). The van der Waals surface area contributed by atoms with Crippen molar-refractivity contribution in [3.8, 4) is 0 Å². The van der Waals surface area contributed by atoms with Gasteiger partial charge in [0.25, 0.3) is 0 Å². The summed E-state index contributed by atoms with van der Waals surface area (Å²) in [6, 6.07) is 0.541.